The van der Waals surface area contributed by atoms with Crippen LogP contribution in [0.25, 0.3) is 0 Å². The number of hydrogen-bond acceptors (Lipinski definition) is 5. The molecule has 1 saturated heterocycles. The number of carbonyl (C=O) groups is 2. The number of rotatable bonds is 9. The van der Waals surface area contributed by atoms with Crippen molar-refractivity contribution >= 4 is 17.6 Å². The Morgan fingerprint density at radius 2 is 1.80 bits per heavy atom. The summed E-state index contributed by atoms with van der Waals surface area (Å²) in [5.74, 6) is 1.01. The van der Waals surface area contributed by atoms with E-state index in [2.05, 4.69) is 5.32 Å². The molecule has 2 aromatic rings. The van der Waals surface area contributed by atoms with Crippen LogP contribution < -0.4 is 24.4 Å². The summed E-state index contributed by atoms with van der Waals surface area (Å²) in [6.45, 7) is 1.38. The van der Waals surface area contributed by atoms with E-state index >= 15 is 0 Å². The third-order valence-corrected chi connectivity index (χ3v) is 4.61. The Balaban J connectivity index is 1.46. The summed E-state index contributed by atoms with van der Waals surface area (Å²) >= 11 is 0. The summed E-state index contributed by atoms with van der Waals surface area (Å²) in [7, 11) is 3.08. The predicted octanol–water partition coefficient (Wildman–Crippen LogP) is 2.28. The van der Waals surface area contributed by atoms with Gasteiger partial charge >= 0.3 is 6.03 Å². The molecule has 1 N–H and O–H groups in total. The molecule has 0 radical (unpaired) electrons. The van der Waals surface area contributed by atoms with Crippen molar-refractivity contribution in [2.24, 2.45) is 0 Å². The average molecular weight is 417 g/mol. The first-order valence-corrected chi connectivity index (χ1v) is 9.45. The normalized spacial score (nSPS) is 13.4. The minimum Gasteiger partial charge on any atom is -0.493 e. The molecule has 0 spiro atoms. The average Bonchev–Trinajstić information content (AvgIpc) is 3.12. The van der Waals surface area contributed by atoms with Crippen molar-refractivity contribution in [1.29, 1.82) is 0 Å². The van der Waals surface area contributed by atoms with Crippen LogP contribution >= 0.6 is 0 Å². The number of urea groups is 1. The van der Waals surface area contributed by atoms with Gasteiger partial charge in [-0.15, -0.1) is 0 Å². The Kier molecular flexibility index (Phi) is 6.95. The molecule has 0 aromatic heterocycles. The lowest BCUT2D eigenvalue weighted by atomic mass is 10.2. The van der Waals surface area contributed by atoms with Gasteiger partial charge in [0.25, 0.3) is 0 Å². The molecule has 160 valence electrons. The zero-order valence-electron chi connectivity index (χ0n) is 16.9. The number of hydrogen-bond donors (Lipinski definition) is 1. The summed E-state index contributed by atoms with van der Waals surface area (Å²) in [5, 5.41) is 2.71. The van der Waals surface area contributed by atoms with Crippen molar-refractivity contribution in [2.75, 3.05) is 51.9 Å². The maximum absolute atomic E-state index is 12.9. The molecule has 3 amide bonds. The lowest BCUT2D eigenvalue weighted by Crippen LogP contribution is -2.41. The van der Waals surface area contributed by atoms with Gasteiger partial charge in [-0.05, 0) is 36.4 Å². The number of anilines is 1. The van der Waals surface area contributed by atoms with Crippen molar-refractivity contribution in [2.45, 2.75) is 0 Å². The fourth-order valence-corrected chi connectivity index (χ4v) is 3.08. The van der Waals surface area contributed by atoms with Crippen molar-refractivity contribution in [3.05, 3.63) is 48.3 Å². The molecule has 1 heterocycles. The highest BCUT2D eigenvalue weighted by Gasteiger charge is 2.31. The zero-order valence-corrected chi connectivity index (χ0v) is 16.9. The minimum atomic E-state index is -0.340. The third kappa shape index (κ3) is 5.11. The van der Waals surface area contributed by atoms with E-state index in [9.17, 15) is 14.0 Å². The van der Waals surface area contributed by atoms with Gasteiger partial charge in [0.05, 0.1) is 20.8 Å². The first kappa shape index (κ1) is 21.2. The second-order valence-corrected chi connectivity index (χ2v) is 6.55. The van der Waals surface area contributed by atoms with Crippen LogP contribution in [0.1, 0.15) is 0 Å². The van der Waals surface area contributed by atoms with Crippen LogP contribution in [0, 0.1) is 5.82 Å². The number of amides is 3. The number of carbonyl (C=O) groups excluding carboxylic acids is 2. The van der Waals surface area contributed by atoms with Crippen LogP contribution in [-0.4, -0.2) is 63.8 Å². The standard InChI is InChI=1S/C21H24FN3O5/c1-28-18-8-5-16(13-19(18)29-2)25-11-10-24(21(25)27)14-20(26)23-9-12-30-17-6-3-15(22)4-7-17/h3-8,13H,9-12,14H2,1-2H3,(H,23,26). The van der Waals surface area contributed by atoms with Gasteiger partial charge in [-0.1, -0.05) is 0 Å². The van der Waals surface area contributed by atoms with Gasteiger partial charge in [0.2, 0.25) is 5.91 Å². The number of benzene rings is 2. The molecular weight excluding hydrogens is 393 g/mol. The van der Waals surface area contributed by atoms with E-state index in [1.165, 1.54) is 36.3 Å². The Bertz CT molecular complexity index is 891. The lowest BCUT2D eigenvalue weighted by molar-refractivity contribution is -0.121. The quantitative estimate of drug-likeness (QED) is 0.634. The van der Waals surface area contributed by atoms with E-state index in [1.54, 1.807) is 30.2 Å². The maximum Gasteiger partial charge on any atom is 0.325 e. The number of ether oxygens (including phenoxy) is 3. The fourth-order valence-electron chi connectivity index (χ4n) is 3.08. The Hall–Kier alpha value is -3.49. The Morgan fingerprint density at radius 1 is 1.07 bits per heavy atom. The van der Waals surface area contributed by atoms with Gasteiger partial charge in [0, 0.05) is 24.8 Å². The topological polar surface area (TPSA) is 80.3 Å². The van der Waals surface area contributed by atoms with E-state index in [0.29, 0.717) is 36.0 Å². The fraction of sp³-hybridized carbons (Fsp3) is 0.333. The molecule has 1 fully saturated rings. The molecule has 0 unspecified atom stereocenters. The van der Waals surface area contributed by atoms with E-state index in [0.717, 1.165) is 0 Å². The van der Waals surface area contributed by atoms with Crippen molar-refractivity contribution in [1.82, 2.24) is 10.2 Å². The van der Waals surface area contributed by atoms with E-state index < -0.39 is 0 Å². The maximum atomic E-state index is 12.9. The summed E-state index contributed by atoms with van der Waals surface area (Å²) in [5.41, 5.74) is 0.674. The summed E-state index contributed by atoms with van der Waals surface area (Å²) in [4.78, 5) is 27.9. The van der Waals surface area contributed by atoms with Gasteiger partial charge in [-0.25, -0.2) is 9.18 Å². The Morgan fingerprint density at radius 3 is 2.50 bits per heavy atom. The van der Waals surface area contributed by atoms with Crippen LogP contribution in [0.4, 0.5) is 14.9 Å². The SMILES string of the molecule is COc1ccc(N2CCN(CC(=O)NCCOc3ccc(F)cc3)C2=O)cc1OC. The number of halogens is 1. The molecule has 30 heavy (non-hydrogen) atoms. The molecule has 0 saturated carbocycles. The third-order valence-electron chi connectivity index (χ3n) is 4.61. The largest absolute Gasteiger partial charge is 0.493 e. The van der Waals surface area contributed by atoms with E-state index in [-0.39, 0.29) is 37.5 Å². The zero-order chi connectivity index (χ0) is 21.5. The first-order chi connectivity index (χ1) is 14.5. The number of nitrogens with zero attached hydrogens (tertiary/aromatic N) is 2. The molecule has 2 aromatic carbocycles. The van der Waals surface area contributed by atoms with Crippen molar-refractivity contribution in [3.8, 4) is 17.2 Å². The number of methoxy groups -OCH3 is 2. The molecule has 1 aliphatic rings. The highest BCUT2D eigenvalue weighted by Crippen LogP contribution is 2.32. The molecule has 8 nitrogen and oxygen atoms in total. The van der Waals surface area contributed by atoms with E-state index in [4.69, 9.17) is 14.2 Å². The van der Waals surface area contributed by atoms with Crippen molar-refractivity contribution in [3.63, 3.8) is 0 Å². The van der Waals surface area contributed by atoms with Crippen LogP contribution in [0.5, 0.6) is 17.2 Å². The molecule has 0 aliphatic carbocycles. The Labute approximate surface area is 174 Å². The highest BCUT2D eigenvalue weighted by molar-refractivity contribution is 5.96. The van der Waals surface area contributed by atoms with Crippen LogP contribution in [-0.2, 0) is 4.79 Å². The second kappa shape index (κ2) is 9.82. The molecule has 9 heteroatoms. The van der Waals surface area contributed by atoms with Gasteiger partial charge in [0.1, 0.15) is 24.7 Å². The molecule has 0 bridgehead atoms. The first-order valence-electron chi connectivity index (χ1n) is 9.45. The highest BCUT2D eigenvalue weighted by atomic mass is 19.1. The summed E-state index contributed by atoms with van der Waals surface area (Å²) in [6.07, 6.45) is 0. The van der Waals surface area contributed by atoms with Crippen LogP contribution in [0.3, 0.4) is 0 Å². The smallest absolute Gasteiger partial charge is 0.325 e. The van der Waals surface area contributed by atoms with Crippen molar-refractivity contribution < 1.29 is 28.2 Å². The molecule has 1 aliphatic heterocycles. The van der Waals surface area contributed by atoms with Gasteiger partial charge in [-0.2, -0.15) is 0 Å². The summed E-state index contributed by atoms with van der Waals surface area (Å²) < 4.78 is 28.8. The lowest BCUT2D eigenvalue weighted by Gasteiger charge is -2.19. The monoisotopic (exact) mass is 417 g/mol. The van der Waals surface area contributed by atoms with E-state index in [1.807, 2.05) is 0 Å². The predicted molar refractivity (Wildman–Crippen MR) is 109 cm³/mol. The molecule has 0 atom stereocenters. The van der Waals surface area contributed by atoms with Crippen LogP contribution in [0.15, 0.2) is 42.5 Å². The summed E-state index contributed by atoms with van der Waals surface area (Å²) in [6, 6.07) is 10.6. The second-order valence-electron chi connectivity index (χ2n) is 6.55. The van der Waals surface area contributed by atoms with Gasteiger partial charge < -0.3 is 24.4 Å². The van der Waals surface area contributed by atoms with Gasteiger partial charge in [-0.3, -0.25) is 9.69 Å². The molecular formula is C21H24FN3O5. The van der Waals surface area contributed by atoms with Gasteiger partial charge in [0.15, 0.2) is 11.5 Å². The van der Waals surface area contributed by atoms with Crippen LogP contribution in [0.2, 0.25) is 0 Å². The molecule has 3 rings (SSSR count). The number of nitrogens with one attached hydrogen (secondary N) is 1. The minimum absolute atomic E-state index is 0.0425.